The van der Waals surface area contributed by atoms with Gasteiger partial charge in [0.1, 0.15) is 5.76 Å². The highest BCUT2D eigenvalue weighted by Gasteiger charge is 2.18. The highest BCUT2D eigenvalue weighted by Crippen LogP contribution is 2.26. The van der Waals surface area contributed by atoms with E-state index in [1.54, 1.807) is 13.0 Å². The first-order chi connectivity index (χ1) is 13.0. The number of allylic oxidation sites excluding steroid dienone is 2. The summed E-state index contributed by atoms with van der Waals surface area (Å²) in [7, 11) is 0. The first-order valence-electron chi connectivity index (χ1n) is 8.61. The van der Waals surface area contributed by atoms with Crippen molar-refractivity contribution in [3.05, 3.63) is 119 Å². The predicted molar refractivity (Wildman–Crippen MR) is 108 cm³/mol. The van der Waals surface area contributed by atoms with Gasteiger partial charge in [-0.15, -0.1) is 0 Å². The van der Waals surface area contributed by atoms with Gasteiger partial charge >= 0.3 is 0 Å². The van der Waals surface area contributed by atoms with E-state index in [0.717, 1.165) is 16.7 Å². The second kappa shape index (κ2) is 8.16. The van der Waals surface area contributed by atoms with E-state index in [0.29, 0.717) is 29.3 Å². The second-order valence-corrected chi connectivity index (χ2v) is 6.21. The van der Waals surface area contributed by atoms with Crippen molar-refractivity contribution in [1.29, 1.82) is 0 Å². The molecule has 0 radical (unpaired) electrons. The van der Waals surface area contributed by atoms with Gasteiger partial charge in [0.15, 0.2) is 11.5 Å². The molecule has 2 aromatic carbocycles. The van der Waals surface area contributed by atoms with Crippen LogP contribution < -0.4 is 5.32 Å². The Morgan fingerprint density at radius 1 is 1.04 bits per heavy atom. The summed E-state index contributed by atoms with van der Waals surface area (Å²) in [5.74, 6) is 7.28. The number of nitrogens with one attached hydrogen (secondary N) is 1. The highest BCUT2D eigenvalue weighted by molar-refractivity contribution is 5.45. The minimum absolute atomic E-state index is 0.00429. The fourth-order valence-corrected chi connectivity index (χ4v) is 2.56. The first-order valence-corrected chi connectivity index (χ1v) is 8.61. The van der Waals surface area contributed by atoms with Crippen LogP contribution in [-0.4, -0.2) is 5.11 Å². The lowest BCUT2D eigenvalue weighted by atomic mass is 10.1. The van der Waals surface area contributed by atoms with E-state index in [9.17, 15) is 5.11 Å². The topological polar surface area (TPSA) is 41.5 Å². The third-order valence-corrected chi connectivity index (χ3v) is 4.02. The summed E-state index contributed by atoms with van der Waals surface area (Å²) in [6, 6.07) is 17.9. The number of hydrogen-bond acceptors (Lipinski definition) is 3. The molecule has 3 nitrogen and oxygen atoms in total. The summed E-state index contributed by atoms with van der Waals surface area (Å²) in [5.41, 5.74) is 4.04. The quantitative estimate of drug-likeness (QED) is 0.763. The van der Waals surface area contributed by atoms with Gasteiger partial charge in [-0.2, -0.15) is 0 Å². The van der Waals surface area contributed by atoms with Crippen molar-refractivity contribution in [3.8, 4) is 11.8 Å². The summed E-state index contributed by atoms with van der Waals surface area (Å²) < 4.78 is 5.56. The molecular weight excluding hydrogens is 334 g/mol. The number of aliphatic hydroxyl groups excluding tert-OH is 1. The number of hydrogen-bond donors (Lipinski definition) is 2. The third-order valence-electron chi connectivity index (χ3n) is 4.02. The lowest BCUT2D eigenvalue weighted by Gasteiger charge is -2.20. The predicted octanol–water partition coefficient (Wildman–Crippen LogP) is 4.95. The van der Waals surface area contributed by atoms with Gasteiger partial charge in [0.2, 0.25) is 0 Å². The molecule has 0 atom stereocenters. The van der Waals surface area contributed by atoms with Crippen LogP contribution in [0.4, 0.5) is 0 Å². The molecule has 134 valence electrons. The van der Waals surface area contributed by atoms with Crippen molar-refractivity contribution < 1.29 is 9.84 Å². The fourth-order valence-electron chi connectivity index (χ4n) is 2.56. The van der Waals surface area contributed by atoms with Crippen molar-refractivity contribution >= 4 is 0 Å². The standard InChI is InChI=1S/C24H21NO2/c1-17-15-18(2)27-24(23(17)26)19(3)25-16-22-13-11-21(12-14-22)10-9-20-7-5-4-6-8-20/h4-8,11-15,25-26H,1,3,16H2,2H3. The monoisotopic (exact) mass is 355 g/mol. The number of rotatable bonds is 4. The molecule has 0 bridgehead atoms. The average molecular weight is 355 g/mol. The Labute approximate surface area is 160 Å². The third kappa shape index (κ3) is 4.71. The van der Waals surface area contributed by atoms with Crippen LogP contribution in [0.1, 0.15) is 23.6 Å². The van der Waals surface area contributed by atoms with Gasteiger partial charge in [-0.25, -0.2) is 0 Å². The molecule has 0 aliphatic carbocycles. The fraction of sp³-hybridized carbons (Fsp3) is 0.0833. The average Bonchev–Trinajstić information content (AvgIpc) is 2.69. The molecular formula is C24H21NO2. The molecule has 0 unspecified atom stereocenters. The molecule has 0 spiro atoms. The Morgan fingerprint density at radius 2 is 1.67 bits per heavy atom. The first kappa shape index (κ1) is 18.2. The lowest BCUT2D eigenvalue weighted by Crippen LogP contribution is -2.18. The number of ether oxygens (including phenoxy) is 1. The Morgan fingerprint density at radius 3 is 2.33 bits per heavy atom. The minimum atomic E-state index is 0.00429. The normalized spacial score (nSPS) is 13.2. The highest BCUT2D eigenvalue weighted by atomic mass is 16.5. The smallest absolute Gasteiger partial charge is 0.191 e. The van der Waals surface area contributed by atoms with Crippen LogP contribution in [0.2, 0.25) is 0 Å². The van der Waals surface area contributed by atoms with Crippen LogP contribution in [0.25, 0.3) is 0 Å². The molecule has 2 aromatic rings. The zero-order chi connectivity index (χ0) is 19.2. The van der Waals surface area contributed by atoms with Crippen LogP contribution in [-0.2, 0) is 11.3 Å². The second-order valence-electron chi connectivity index (χ2n) is 6.21. The SMILES string of the molecule is C=C1C=C(C)OC(C(=C)NCc2ccc(C#Cc3ccccc3)cc2)=C1O. The largest absolute Gasteiger partial charge is 0.504 e. The van der Waals surface area contributed by atoms with Gasteiger partial charge in [0.25, 0.3) is 0 Å². The van der Waals surface area contributed by atoms with Crippen LogP contribution in [0, 0.1) is 11.8 Å². The van der Waals surface area contributed by atoms with Crippen LogP contribution >= 0.6 is 0 Å². The maximum absolute atomic E-state index is 10.1. The van der Waals surface area contributed by atoms with E-state index in [2.05, 4.69) is 30.3 Å². The van der Waals surface area contributed by atoms with Gasteiger partial charge in [0, 0.05) is 23.2 Å². The van der Waals surface area contributed by atoms with Crippen molar-refractivity contribution in [2.45, 2.75) is 13.5 Å². The Hall–Kier alpha value is -3.64. The molecule has 2 N–H and O–H groups in total. The van der Waals surface area contributed by atoms with Crippen LogP contribution in [0.3, 0.4) is 0 Å². The van der Waals surface area contributed by atoms with E-state index in [4.69, 9.17) is 4.74 Å². The maximum atomic E-state index is 10.1. The minimum Gasteiger partial charge on any atom is -0.504 e. The van der Waals surface area contributed by atoms with E-state index < -0.39 is 0 Å². The van der Waals surface area contributed by atoms with Crippen molar-refractivity contribution in [2.75, 3.05) is 0 Å². The molecule has 27 heavy (non-hydrogen) atoms. The van der Waals surface area contributed by atoms with Crippen molar-refractivity contribution in [2.24, 2.45) is 0 Å². The van der Waals surface area contributed by atoms with Gasteiger partial charge in [-0.1, -0.05) is 55.3 Å². The van der Waals surface area contributed by atoms with E-state index in [1.807, 2.05) is 54.6 Å². The summed E-state index contributed by atoms with van der Waals surface area (Å²) in [4.78, 5) is 0. The van der Waals surface area contributed by atoms with E-state index >= 15 is 0 Å². The van der Waals surface area contributed by atoms with E-state index in [1.165, 1.54) is 0 Å². The van der Waals surface area contributed by atoms with Gasteiger partial charge in [-0.05, 0) is 42.8 Å². The van der Waals surface area contributed by atoms with Crippen LogP contribution in [0.15, 0.2) is 102 Å². The molecule has 1 aliphatic heterocycles. The van der Waals surface area contributed by atoms with Crippen LogP contribution in [0.5, 0.6) is 0 Å². The number of aliphatic hydroxyl groups is 1. The summed E-state index contributed by atoms with van der Waals surface area (Å²) in [5, 5.41) is 13.3. The molecule has 1 heterocycles. The van der Waals surface area contributed by atoms with Gasteiger partial charge in [0.05, 0.1) is 5.70 Å². The molecule has 0 saturated heterocycles. The summed E-state index contributed by atoms with van der Waals surface area (Å²) in [6.07, 6.45) is 1.68. The summed E-state index contributed by atoms with van der Waals surface area (Å²) in [6.45, 7) is 10.1. The molecule has 1 aliphatic rings. The van der Waals surface area contributed by atoms with Gasteiger partial charge < -0.3 is 15.2 Å². The summed E-state index contributed by atoms with van der Waals surface area (Å²) >= 11 is 0. The van der Waals surface area contributed by atoms with Crippen molar-refractivity contribution in [3.63, 3.8) is 0 Å². The molecule has 0 amide bonds. The molecule has 0 fully saturated rings. The number of benzene rings is 2. The molecule has 3 heteroatoms. The Balaban J connectivity index is 1.61. The Bertz CT molecular complexity index is 984. The zero-order valence-electron chi connectivity index (χ0n) is 15.3. The lowest BCUT2D eigenvalue weighted by molar-refractivity contribution is 0.266. The van der Waals surface area contributed by atoms with Gasteiger partial charge in [-0.3, -0.25) is 0 Å². The maximum Gasteiger partial charge on any atom is 0.191 e. The Kier molecular flexibility index (Phi) is 5.49. The van der Waals surface area contributed by atoms with Crippen molar-refractivity contribution in [1.82, 2.24) is 5.32 Å². The molecule has 0 aromatic heterocycles. The molecule has 3 rings (SSSR count). The van der Waals surface area contributed by atoms with E-state index in [-0.39, 0.29) is 5.76 Å². The molecule has 0 saturated carbocycles. The zero-order valence-corrected chi connectivity index (χ0v) is 15.3.